The van der Waals surface area contributed by atoms with Gasteiger partial charge in [-0.25, -0.2) is 5.43 Å². The Hall–Kier alpha value is -3.85. The quantitative estimate of drug-likeness (QED) is 0.346. The third-order valence-corrected chi connectivity index (χ3v) is 5.31. The zero-order chi connectivity index (χ0) is 23.8. The summed E-state index contributed by atoms with van der Waals surface area (Å²) in [6, 6.07) is 20.2. The smallest absolute Gasteiger partial charge is 0.259 e. The Kier molecular flexibility index (Phi) is 7.77. The summed E-state index contributed by atoms with van der Waals surface area (Å²) in [4.78, 5) is 24.5. The molecular weight excluding hydrogens is 502 g/mol. The van der Waals surface area contributed by atoms with Crippen LogP contribution in [0.15, 0.2) is 76.3 Å². The molecule has 0 aliphatic carbocycles. The molecule has 0 saturated heterocycles. The van der Waals surface area contributed by atoms with Crippen molar-refractivity contribution in [1.29, 1.82) is 0 Å². The van der Waals surface area contributed by atoms with E-state index in [2.05, 4.69) is 31.8 Å². The first-order chi connectivity index (χ1) is 16.6. The van der Waals surface area contributed by atoms with Crippen LogP contribution in [0.3, 0.4) is 0 Å². The summed E-state index contributed by atoms with van der Waals surface area (Å²) in [6.07, 6.45) is 1.49. The minimum Gasteiger partial charge on any atom is -0.488 e. The van der Waals surface area contributed by atoms with E-state index in [0.29, 0.717) is 48.2 Å². The molecule has 34 heavy (non-hydrogen) atoms. The molecule has 0 fully saturated rings. The number of nitrogens with zero attached hydrogens (tertiary/aromatic N) is 1. The molecule has 3 aromatic carbocycles. The number of hydrazone groups is 1. The van der Waals surface area contributed by atoms with Gasteiger partial charge in [-0.1, -0.05) is 46.3 Å². The Bertz CT molecular complexity index is 1200. The van der Waals surface area contributed by atoms with Crippen molar-refractivity contribution in [2.24, 2.45) is 5.10 Å². The van der Waals surface area contributed by atoms with Crippen molar-refractivity contribution in [3.05, 3.63) is 87.9 Å². The fourth-order valence-electron chi connectivity index (χ4n) is 3.15. The van der Waals surface area contributed by atoms with Gasteiger partial charge in [0.2, 0.25) is 0 Å². The summed E-state index contributed by atoms with van der Waals surface area (Å²) in [5, 5.41) is 6.55. The van der Waals surface area contributed by atoms with Crippen molar-refractivity contribution in [3.8, 4) is 17.2 Å². The van der Waals surface area contributed by atoms with Gasteiger partial charge >= 0.3 is 0 Å². The van der Waals surface area contributed by atoms with E-state index >= 15 is 0 Å². The second-order valence-corrected chi connectivity index (χ2v) is 8.21. The molecule has 4 rings (SSSR count). The zero-order valence-electron chi connectivity index (χ0n) is 18.1. The number of hydrogen-bond donors (Lipinski definition) is 2. The van der Waals surface area contributed by atoms with Crippen molar-refractivity contribution < 1.29 is 23.8 Å². The number of nitrogens with one attached hydrogen (secondary N) is 2. The molecule has 0 unspecified atom stereocenters. The number of hydrogen-bond acceptors (Lipinski definition) is 6. The number of fused-ring (bicyclic) bond motifs is 1. The number of amides is 2. The third-order valence-electron chi connectivity index (χ3n) is 4.82. The maximum atomic E-state index is 12.4. The maximum absolute atomic E-state index is 12.4. The van der Waals surface area contributed by atoms with Crippen LogP contribution in [-0.4, -0.2) is 37.8 Å². The fourth-order valence-corrected chi connectivity index (χ4v) is 3.53. The molecule has 0 bridgehead atoms. The predicted molar refractivity (Wildman–Crippen MR) is 130 cm³/mol. The lowest BCUT2D eigenvalue weighted by Gasteiger charge is -2.18. The van der Waals surface area contributed by atoms with Gasteiger partial charge in [0.15, 0.2) is 11.5 Å². The summed E-state index contributed by atoms with van der Waals surface area (Å²) in [6.45, 7) is 1.07. The van der Waals surface area contributed by atoms with Gasteiger partial charge in [-0.15, -0.1) is 0 Å². The van der Waals surface area contributed by atoms with Gasteiger partial charge in [0.05, 0.1) is 12.8 Å². The van der Waals surface area contributed by atoms with Crippen LogP contribution in [0.4, 0.5) is 0 Å². The minimum absolute atomic E-state index is 0.236. The molecule has 2 amide bonds. The monoisotopic (exact) mass is 523 g/mol. The molecule has 1 aliphatic rings. The van der Waals surface area contributed by atoms with Crippen LogP contribution in [0.2, 0.25) is 0 Å². The molecule has 0 spiro atoms. The number of benzene rings is 3. The zero-order valence-corrected chi connectivity index (χ0v) is 19.7. The molecule has 1 heterocycles. The molecule has 2 N–H and O–H groups in total. The molecule has 9 heteroatoms. The number of ether oxygens (including phenoxy) is 3. The van der Waals surface area contributed by atoms with Gasteiger partial charge in [-0.3, -0.25) is 9.59 Å². The second-order valence-electron chi connectivity index (χ2n) is 7.29. The van der Waals surface area contributed by atoms with E-state index in [1.54, 1.807) is 18.2 Å². The normalized spacial score (nSPS) is 12.3. The van der Waals surface area contributed by atoms with Crippen LogP contribution >= 0.6 is 15.9 Å². The standard InChI is InChI=1S/C25H22BrN3O5/c26-20-7-9-21(34-16-17-4-2-1-3-5-17)19(12-20)14-28-29-24(30)15-27-25(31)18-6-8-22-23(13-18)33-11-10-32-22/h1-9,12-14H,10-11,15-16H2,(H,27,31)(H,29,30)/b28-14-. The Balaban J connectivity index is 1.29. The van der Waals surface area contributed by atoms with Crippen LogP contribution in [0.1, 0.15) is 21.5 Å². The van der Waals surface area contributed by atoms with Gasteiger partial charge in [0, 0.05) is 15.6 Å². The van der Waals surface area contributed by atoms with Gasteiger partial charge in [-0.05, 0) is 42.0 Å². The van der Waals surface area contributed by atoms with Gasteiger partial charge in [0.1, 0.15) is 25.6 Å². The summed E-state index contributed by atoms with van der Waals surface area (Å²) in [5.74, 6) is 0.849. The number of rotatable bonds is 8. The molecule has 0 atom stereocenters. The number of carbonyl (C=O) groups excluding carboxylic acids is 2. The first kappa shape index (κ1) is 23.3. The highest BCUT2D eigenvalue weighted by atomic mass is 79.9. The van der Waals surface area contributed by atoms with E-state index in [1.165, 1.54) is 6.21 Å². The fraction of sp³-hybridized carbons (Fsp3) is 0.160. The SMILES string of the molecule is O=C(CNC(=O)c1ccc2c(c1)OCCO2)N/N=C\c1cc(Br)ccc1OCc1ccccc1. The van der Waals surface area contributed by atoms with Crippen LogP contribution in [-0.2, 0) is 11.4 Å². The Morgan fingerprint density at radius 3 is 2.62 bits per heavy atom. The van der Waals surface area contributed by atoms with Crippen molar-refractivity contribution in [2.75, 3.05) is 19.8 Å². The van der Waals surface area contributed by atoms with Crippen LogP contribution < -0.4 is 25.0 Å². The highest BCUT2D eigenvalue weighted by Crippen LogP contribution is 2.30. The van der Waals surface area contributed by atoms with E-state index < -0.39 is 11.8 Å². The molecule has 174 valence electrons. The first-order valence-corrected chi connectivity index (χ1v) is 11.3. The minimum atomic E-state index is -0.469. The van der Waals surface area contributed by atoms with Gasteiger partial charge in [-0.2, -0.15) is 5.10 Å². The Labute approximate surface area is 205 Å². The largest absolute Gasteiger partial charge is 0.488 e. The van der Waals surface area contributed by atoms with Crippen LogP contribution in [0.25, 0.3) is 0 Å². The predicted octanol–water partition coefficient (Wildman–Crippen LogP) is 3.68. The summed E-state index contributed by atoms with van der Waals surface area (Å²) >= 11 is 3.43. The third kappa shape index (κ3) is 6.35. The summed E-state index contributed by atoms with van der Waals surface area (Å²) in [5.41, 5.74) is 4.50. The van der Waals surface area contributed by atoms with Gasteiger partial charge < -0.3 is 19.5 Å². The van der Waals surface area contributed by atoms with E-state index in [4.69, 9.17) is 14.2 Å². The van der Waals surface area contributed by atoms with Crippen LogP contribution in [0.5, 0.6) is 17.2 Å². The van der Waals surface area contributed by atoms with Gasteiger partial charge in [0.25, 0.3) is 11.8 Å². The summed E-state index contributed by atoms with van der Waals surface area (Å²) < 4.78 is 17.7. The molecule has 0 radical (unpaired) electrons. The first-order valence-electron chi connectivity index (χ1n) is 10.5. The van der Waals surface area contributed by atoms with E-state index in [1.807, 2.05) is 48.5 Å². The van der Waals surface area contributed by atoms with Crippen molar-refractivity contribution in [2.45, 2.75) is 6.61 Å². The van der Waals surface area contributed by atoms with Crippen molar-refractivity contribution in [3.63, 3.8) is 0 Å². The average Bonchev–Trinajstić information content (AvgIpc) is 2.87. The molecule has 3 aromatic rings. The van der Waals surface area contributed by atoms with Crippen molar-refractivity contribution >= 4 is 34.0 Å². The van der Waals surface area contributed by atoms with Crippen LogP contribution in [0, 0.1) is 0 Å². The molecule has 0 aromatic heterocycles. The second kappa shape index (κ2) is 11.3. The lowest BCUT2D eigenvalue weighted by atomic mass is 10.2. The highest BCUT2D eigenvalue weighted by Gasteiger charge is 2.15. The highest BCUT2D eigenvalue weighted by molar-refractivity contribution is 9.10. The van der Waals surface area contributed by atoms with E-state index in [9.17, 15) is 9.59 Å². The topological polar surface area (TPSA) is 98.3 Å². The Morgan fingerprint density at radius 1 is 1.00 bits per heavy atom. The number of carbonyl (C=O) groups is 2. The van der Waals surface area contributed by atoms with E-state index in [0.717, 1.165) is 10.0 Å². The molecule has 0 saturated carbocycles. The molecule has 8 nitrogen and oxygen atoms in total. The lowest BCUT2D eigenvalue weighted by molar-refractivity contribution is -0.120. The Morgan fingerprint density at radius 2 is 1.79 bits per heavy atom. The molecule has 1 aliphatic heterocycles. The summed E-state index contributed by atoms with van der Waals surface area (Å²) in [7, 11) is 0. The molecular formula is C25H22BrN3O5. The van der Waals surface area contributed by atoms with Crippen molar-refractivity contribution in [1.82, 2.24) is 10.7 Å². The lowest BCUT2D eigenvalue weighted by Crippen LogP contribution is -2.35. The van der Waals surface area contributed by atoms with E-state index in [-0.39, 0.29) is 6.54 Å². The number of halogens is 1. The maximum Gasteiger partial charge on any atom is 0.259 e. The average molecular weight is 524 g/mol.